The minimum atomic E-state index is -3.02. The Morgan fingerprint density at radius 1 is 0.800 bits per heavy atom. The molecule has 0 bridgehead atoms. The topological polar surface area (TPSA) is 289 Å². The average Bonchev–Trinajstić information content (AvgIpc) is 3.01. The lowest BCUT2D eigenvalue weighted by atomic mass is 9.70. The third-order valence-electron chi connectivity index (χ3n) is 8.92. The van der Waals surface area contributed by atoms with Crippen molar-refractivity contribution in [1.82, 2.24) is 5.32 Å². The molecule has 0 radical (unpaired) electrons. The van der Waals surface area contributed by atoms with Crippen molar-refractivity contribution in [2.45, 2.75) is 150 Å². The Balaban J connectivity index is 1.94. The van der Waals surface area contributed by atoms with E-state index in [0.29, 0.717) is 6.42 Å². The van der Waals surface area contributed by atoms with Crippen molar-refractivity contribution in [3.05, 3.63) is 0 Å². The van der Waals surface area contributed by atoms with Gasteiger partial charge in [0.2, 0.25) is 5.91 Å². The van der Waals surface area contributed by atoms with Gasteiger partial charge in [0.25, 0.3) is 0 Å². The number of aliphatic hydroxyl groups excluding tert-OH is 10. The van der Waals surface area contributed by atoms with Gasteiger partial charge in [-0.15, -0.1) is 0 Å². The molecular formula is C28H51NO16. The Kier molecular flexibility index (Phi) is 14.3. The summed E-state index contributed by atoms with van der Waals surface area (Å²) >= 11 is 0. The summed E-state index contributed by atoms with van der Waals surface area (Å²) in [5, 5.41) is 121. The van der Waals surface area contributed by atoms with Crippen LogP contribution in [0.1, 0.15) is 52.4 Å². The molecule has 3 aliphatic heterocycles. The van der Waals surface area contributed by atoms with E-state index in [0.717, 1.165) is 39.0 Å². The monoisotopic (exact) mass is 657 g/mol. The van der Waals surface area contributed by atoms with E-state index in [-0.39, 0.29) is 6.61 Å². The SMILES string of the molecule is CCCCCCCCO[C@H]1O[C@H](C(O)[C@@H]2O[C@H](CO)[C@@H](O)[C@H](O)[C@@]2(O)[C@@H]2O[C@H](CO)[C@@H](O)[C@H](O)[C@@H]2NC(C)=O)[C@@H](O)[C@H](O)[C@H]1O. The molecule has 17 nitrogen and oxygen atoms in total. The average molecular weight is 658 g/mol. The molecule has 0 aromatic rings. The van der Waals surface area contributed by atoms with Gasteiger partial charge in [0.05, 0.1) is 19.3 Å². The van der Waals surface area contributed by atoms with Crippen molar-refractivity contribution in [1.29, 1.82) is 0 Å². The molecule has 3 saturated heterocycles. The van der Waals surface area contributed by atoms with Crippen LogP contribution < -0.4 is 5.32 Å². The van der Waals surface area contributed by atoms with Crippen molar-refractivity contribution < 1.29 is 79.9 Å². The maximum absolute atomic E-state index is 12.1. The summed E-state index contributed by atoms with van der Waals surface area (Å²) in [5.74, 6) is -0.781. The third kappa shape index (κ3) is 8.13. The largest absolute Gasteiger partial charge is 0.394 e. The lowest BCUT2D eigenvalue weighted by Crippen LogP contribution is -2.81. The highest BCUT2D eigenvalue weighted by atomic mass is 16.7. The molecular weight excluding hydrogens is 606 g/mol. The highest BCUT2D eigenvalue weighted by molar-refractivity contribution is 5.73. The van der Waals surface area contributed by atoms with Crippen LogP contribution in [0, 0.1) is 0 Å². The molecule has 45 heavy (non-hydrogen) atoms. The maximum atomic E-state index is 12.1. The van der Waals surface area contributed by atoms with E-state index in [9.17, 15) is 61.0 Å². The second-order valence-corrected chi connectivity index (χ2v) is 12.2. The molecule has 0 aromatic carbocycles. The Bertz CT molecular complexity index is 918. The van der Waals surface area contributed by atoms with Gasteiger partial charge >= 0.3 is 0 Å². The van der Waals surface area contributed by atoms with E-state index in [1.165, 1.54) is 0 Å². The molecule has 1 amide bonds. The van der Waals surface area contributed by atoms with E-state index in [2.05, 4.69) is 12.2 Å². The van der Waals surface area contributed by atoms with Crippen molar-refractivity contribution in [2.75, 3.05) is 19.8 Å². The van der Waals surface area contributed by atoms with Crippen LogP contribution in [0.2, 0.25) is 0 Å². The Labute approximate surface area is 260 Å². The first-order valence-corrected chi connectivity index (χ1v) is 15.5. The van der Waals surface area contributed by atoms with E-state index in [1.54, 1.807) is 0 Å². The molecule has 12 N–H and O–H groups in total. The van der Waals surface area contributed by atoms with Gasteiger partial charge in [0.15, 0.2) is 6.29 Å². The number of amides is 1. The highest BCUT2D eigenvalue weighted by Gasteiger charge is 2.67. The zero-order valence-corrected chi connectivity index (χ0v) is 25.5. The van der Waals surface area contributed by atoms with Gasteiger partial charge < -0.3 is 80.4 Å². The molecule has 3 heterocycles. The molecule has 1 unspecified atom stereocenters. The molecule has 17 heteroatoms. The summed E-state index contributed by atoms with van der Waals surface area (Å²) < 4.78 is 22.6. The van der Waals surface area contributed by atoms with E-state index < -0.39 is 116 Å². The van der Waals surface area contributed by atoms with Crippen LogP contribution in [0.25, 0.3) is 0 Å². The number of carbonyl (C=O) groups excluding carboxylic acids is 1. The van der Waals surface area contributed by atoms with Crippen LogP contribution in [0.3, 0.4) is 0 Å². The van der Waals surface area contributed by atoms with E-state index in [1.807, 2.05) is 0 Å². The number of hydrogen-bond acceptors (Lipinski definition) is 16. The lowest BCUT2D eigenvalue weighted by Gasteiger charge is -2.57. The summed E-state index contributed by atoms with van der Waals surface area (Å²) in [6, 6.07) is -1.73. The fraction of sp³-hybridized carbons (Fsp3) is 0.964. The minimum absolute atomic E-state index is 0.0952. The van der Waals surface area contributed by atoms with Crippen LogP contribution in [0.15, 0.2) is 0 Å². The van der Waals surface area contributed by atoms with Gasteiger partial charge in [0.1, 0.15) is 85.0 Å². The van der Waals surface area contributed by atoms with E-state index in [4.69, 9.17) is 18.9 Å². The molecule has 3 rings (SSSR count). The first-order valence-electron chi connectivity index (χ1n) is 15.5. The summed E-state index contributed by atoms with van der Waals surface area (Å²) in [6.07, 6.45) is -21.3. The normalized spacial score (nSPS) is 44.8. The van der Waals surface area contributed by atoms with Gasteiger partial charge in [-0.2, -0.15) is 0 Å². The number of aliphatic hydroxyl groups is 11. The molecule has 3 aliphatic rings. The van der Waals surface area contributed by atoms with Crippen LogP contribution in [0.5, 0.6) is 0 Å². The molecule has 16 atom stereocenters. The number of rotatable bonds is 14. The fourth-order valence-corrected chi connectivity index (χ4v) is 6.31. The third-order valence-corrected chi connectivity index (χ3v) is 8.92. The Morgan fingerprint density at radius 3 is 2.00 bits per heavy atom. The van der Waals surface area contributed by atoms with Crippen molar-refractivity contribution >= 4 is 5.91 Å². The zero-order chi connectivity index (χ0) is 33.6. The zero-order valence-electron chi connectivity index (χ0n) is 25.5. The summed E-state index contributed by atoms with van der Waals surface area (Å²) in [6.45, 7) is 1.38. The fourth-order valence-electron chi connectivity index (χ4n) is 6.31. The van der Waals surface area contributed by atoms with Crippen LogP contribution in [-0.2, 0) is 23.7 Å². The molecule has 0 spiro atoms. The predicted molar refractivity (Wildman–Crippen MR) is 150 cm³/mol. The summed E-state index contributed by atoms with van der Waals surface area (Å²) in [4.78, 5) is 12.0. The smallest absolute Gasteiger partial charge is 0.217 e. The number of carbonyl (C=O) groups is 1. The first-order chi connectivity index (χ1) is 21.3. The van der Waals surface area contributed by atoms with Crippen LogP contribution >= 0.6 is 0 Å². The van der Waals surface area contributed by atoms with Gasteiger partial charge in [0, 0.05) is 13.5 Å². The van der Waals surface area contributed by atoms with E-state index >= 15 is 0 Å². The second kappa shape index (κ2) is 16.8. The standard InChI is InChI=1S/C28H51NO16/c1-3-4-5-6-7-8-9-42-27-21(38)19(36)20(37)23(45-27)22(39)26-28(41,24(40)17(34)14(11-31)44-26)25-15(29-12(2)32)18(35)16(33)13(10-30)43-25/h13-27,30-31,33-41H,3-11H2,1-2H3,(H,29,32)/t13-,14-,15+,16-,17-,18-,19+,20+,21-,22?,23+,24+,25-,26+,27+,28-/m1/s1. The van der Waals surface area contributed by atoms with Crippen LogP contribution in [0.4, 0.5) is 0 Å². The number of hydrogen-bond donors (Lipinski definition) is 12. The quantitative estimate of drug-likeness (QED) is 0.0777. The Morgan fingerprint density at radius 2 is 1.40 bits per heavy atom. The van der Waals surface area contributed by atoms with Gasteiger partial charge in [-0.1, -0.05) is 39.0 Å². The molecule has 0 aliphatic carbocycles. The maximum Gasteiger partial charge on any atom is 0.217 e. The number of unbranched alkanes of at least 4 members (excludes halogenated alkanes) is 5. The second-order valence-electron chi connectivity index (χ2n) is 12.2. The van der Waals surface area contributed by atoms with Crippen molar-refractivity contribution in [2.24, 2.45) is 0 Å². The van der Waals surface area contributed by atoms with Gasteiger partial charge in [-0.25, -0.2) is 0 Å². The number of ether oxygens (including phenoxy) is 4. The van der Waals surface area contributed by atoms with Crippen LogP contribution in [-0.4, -0.2) is 179 Å². The van der Waals surface area contributed by atoms with Crippen molar-refractivity contribution in [3.8, 4) is 0 Å². The first kappa shape index (κ1) is 38.3. The van der Waals surface area contributed by atoms with Gasteiger partial charge in [-0.05, 0) is 6.42 Å². The molecule has 0 aromatic heterocycles. The lowest BCUT2D eigenvalue weighted by molar-refractivity contribution is -0.363. The predicted octanol–water partition coefficient (Wildman–Crippen LogP) is -5.27. The van der Waals surface area contributed by atoms with Crippen molar-refractivity contribution in [3.63, 3.8) is 0 Å². The summed E-state index contributed by atoms with van der Waals surface area (Å²) in [5.41, 5.74) is -3.02. The number of nitrogens with one attached hydrogen (secondary N) is 1. The Hall–Kier alpha value is -1.13. The van der Waals surface area contributed by atoms with Gasteiger partial charge in [-0.3, -0.25) is 4.79 Å². The highest BCUT2D eigenvalue weighted by Crippen LogP contribution is 2.42. The summed E-state index contributed by atoms with van der Waals surface area (Å²) in [7, 11) is 0. The molecule has 3 fully saturated rings. The molecule has 264 valence electrons. The minimum Gasteiger partial charge on any atom is -0.394 e. The molecule has 0 saturated carbocycles.